The Morgan fingerprint density at radius 3 is 2.54 bits per heavy atom. The second-order valence-electron chi connectivity index (χ2n) is 6.30. The molecule has 0 heterocycles. The molecular weight excluding hydrogens is 348 g/mol. The number of aryl methyl sites for hydroxylation is 2. The lowest BCUT2D eigenvalue weighted by Gasteiger charge is -2.13. The second kappa shape index (κ2) is 8.41. The van der Waals surface area contributed by atoms with Crippen LogP contribution in [0.4, 0.5) is 0 Å². The van der Waals surface area contributed by atoms with Crippen LogP contribution < -0.4 is 4.74 Å². The van der Waals surface area contributed by atoms with Crippen molar-refractivity contribution in [2.75, 3.05) is 12.9 Å². The third-order valence-electron chi connectivity index (χ3n) is 4.48. The molecule has 2 aromatic rings. The fourth-order valence-electron chi connectivity index (χ4n) is 3.06. The third kappa shape index (κ3) is 4.47. The lowest BCUT2D eigenvalue weighted by atomic mass is 10.0. The number of esters is 1. The summed E-state index contributed by atoms with van der Waals surface area (Å²) in [6.07, 6.45) is 2.46. The largest absolute Gasteiger partial charge is 0.497 e. The monoisotopic (exact) mass is 370 g/mol. The first kappa shape index (κ1) is 18.5. The number of hydrogen-bond acceptors (Lipinski definition) is 5. The van der Waals surface area contributed by atoms with Crippen LogP contribution in [-0.2, 0) is 22.4 Å². The molecule has 0 bridgehead atoms. The number of carbonyl (C=O) groups is 2. The van der Waals surface area contributed by atoms with E-state index in [1.54, 1.807) is 14.0 Å². The van der Waals surface area contributed by atoms with Crippen LogP contribution in [0, 0.1) is 0 Å². The maximum Gasteiger partial charge on any atom is 0.316 e. The molecule has 1 atom stereocenters. The van der Waals surface area contributed by atoms with Gasteiger partial charge in [-0.15, -0.1) is 11.8 Å². The zero-order valence-electron chi connectivity index (χ0n) is 15.0. The van der Waals surface area contributed by atoms with Gasteiger partial charge in [-0.3, -0.25) is 9.59 Å². The Labute approximate surface area is 157 Å². The molecule has 2 aromatic carbocycles. The summed E-state index contributed by atoms with van der Waals surface area (Å²) in [6, 6.07) is 13.3. The van der Waals surface area contributed by atoms with Crippen LogP contribution >= 0.6 is 11.8 Å². The van der Waals surface area contributed by atoms with Gasteiger partial charge < -0.3 is 9.47 Å². The fourth-order valence-corrected chi connectivity index (χ4v) is 3.74. The minimum atomic E-state index is -0.779. The van der Waals surface area contributed by atoms with Crippen LogP contribution in [0.2, 0.25) is 0 Å². The molecule has 0 spiro atoms. The van der Waals surface area contributed by atoms with Crippen LogP contribution in [0.15, 0.2) is 47.4 Å². The minimum absolute atomic E-state index is 0.150. The highest BCUT2D eigenvalue weighted by Gasteiger charge is 2.21. The summed E-state index contributed by atoms with van der Waals surface area (Å²) in [5.41, 5.74) is 3.18. The van der Waals surface area contributed by atoms with Crippen LogP contribution in [0.25, 0.3) is 0 Å². The van der Waals surface area contributed by atoms with Crippen molar-refractivity contribution in [1.29, 1.82) is 0 Å². The van der Waals surface area contributed by atoms with Gasteiger partial charge in [0.05, 0.1) is 12.9 Å². The number of ketones is 1. The summed E-state index contributed by atoms with van der Waals surface area (Å²) < 4.78 is 10.4. The van der Waals surface area contributed by atoms with Gasteiger partial charge in [0.1, 0.15) is 5.75 Å². The molecule has 0 aromatic heterocycles. The van der Waals surface area contributed by atoms with Crippen molar-refractivity contribution in [1.82, 2.24) is 0 Å². The molecule has 1 aliphatic rings. The smallest absolute Gasteiger partial charge is 0.316 e. The first-order valence-electron chi connectivity index (χ1n) is 8.69. The highest BCUT2D eigenvalue weighted by atomic mass is 32.2. The van der Waals surface area contributed by atoms with Crippen molar-refractivity contribution in [3.05, 3.63) is 59.2 Å². The van der Waals surface area contributed by atoms with Crippen LogP contribution in [0.1, 0.15) is 34.8 Å². The van der Waals surface area contributed by atoms with E-state index in [2.05, 4.69) is 0 Å². The third-order valence-corrected chi connectivity index (χ3v) is 5.46. The van der Waals surface area contributed by atoms with E-state index in [0.717, 1.165) is 29.9 Å². The number of benzene rings is 2. The van der Waals surface area contributed by atoms with Gasteiger partial charge in [0.15, 0.2) is 6.10 Å². The molecule has 3 rings (SSSR count). The Morgan fingerprint density at radius 2 is 1.81 bits per heavy atom. The van der Waals surface area contributed by atoms with Gasteiger partial charge in [0.2, 0.25) is 5.78 Å². The average Bonchev–Trinajstić information content (AvgIpc) is 3.13. The van der Waals surface area contributed by atoms with Gasteiger partial charge in [-0.05, 0) is 67.6 Å². The van der Waals surface area contributed by atoms with E-state index in [1.165, 1.54) is 22.9 Å². The van der Waals surface area contributed by atoms with Gasteiger partial charge in [-0.2, -0.15) is 0 Å². The minimum Gasteiger partial charge on any atom is -0.497 e. The molecule has 0 unspecified atom stereocenters. The van der Waals surface area contributed by atoms with Crippen molar-refractivity contribution >= 4 is 23.5 Å². The highest BCUT2D eigenvalue weighted by molar-refractivity contribution is 8.00. The predicted molar refractivity (Wildman–Crippen MR) is 102 cm³/mol. The van der Waals surface area contributed by atoms with Gasteiger partial charge in [0.25, 0.3) is 0 Å². The number of rotatable bonds is 7. The number of Topliss-reactive ketones (excluding diaryl/α,β-unsaturated/α-hetero) is 1. The summed E-state index contributed by atoms with van der Waals surface area (Å²) in [6.45, 7) is 1.63. The normalized spacial score (nSPS) is 13.8. The average molecular weight is 370 g/mol. The van der Waals surface area contributed by atoms with E-state index in [-0.39, 0.29) is 11.5 Å². The zero-order chi connectivity index (χ0) is 18.5. The van der Waals surface area contributed by atoms with Crippen molar-refractivity contribution in [3.8, 4) is 5.75 Å². The van der Waals surface area contributed by atoms with E-state index in [1.807, 2.05) is 42.5 Å². The fraction of sp³-hybridized carbons (Fsp3) is 0.333. The topological polar surface area (TPSA) is 52.6 Å². The summed E-state index contributed by atoms with van der Waals surface area (Å²) in [4.78, 5) is 25.5. The number of carbonyl (C=O) groups excluding carboxylic acids is 2. The maximum atomic E-state index is 12.5. The molecule has 0 aliphatic heterocycles. The number of hydrogen-bond donors (Lipinski definition) is 0. The molecule has 1 aliphatic carbocycles. The van der Waals surface area contributed by atoms with Crippen molar-refractivity contribution in [2.45, 2.75) is 37.2 Å². The Morgan fingerprint density at radius 1 is 1.08 bits per heavy atom. The first-order chi connectivity index (χ1) is 12.6. The van der Waals surface area contributed by atoms with Gasteiger partial charge in [-0.1, -0.05) is 12.1 Å². The van der Waals surface area contributed by atoms with Crippen molar-refractivity contribution in [2.24, 2.45) is 0 Å². The number of methoxy groups -OCH3 is 1. The molecule has 0 N–H and O–H groups in total. The molecule has 0 fully saturated rings. The Balaban J connectivity index is 1.52. The molecule has 136 valence electrons. The van der Waals surface area contributed by atoms with E-state index in [9.17, 15) is 9.59 Å². The summed E-state index contributed by atoms with van der Waals surface area (Å²) in [7, 11) is 1.61. The highest BCUT2D eigenvalue weighted by Crippen LogP contribution is 2.24. The molecule has 5 heteroatoms. The van der Waals surface area contributed by atoms with E-state index >= 15 is 0 Å². The quantitative estimate of drug-likeness (QED) is 0.417. The summed E-state index contributed by atoms with van der Waals surface area (Å²) in [5, 5.41) is 0. The number of fused-ring (bicyclic) bond motifs is 1. The van der Waals surface area contributed by atoms with E-state index in [4.69, 9.17) is 9.47 Å². The lowest BCUT2D eigenvalue weighted by molar-refractivity contribution is -0.143. The van der Waals surface area contributed by atoms with Crippen LogP contribution in [0.5, 0.6) is 5.75 Å². The van der Waals surface area contributed by atoms with Crippen molar-refractivity contribution in [3.63, 3.8) is 0 Å². The molecule has 0 saturated carbocycles. The lowest BCUT2D eigenvalue weighted by Crippen LogP contribution is -2.25. The predicted octanol–water partition coefficient (Wildman–Crippen LogP) is 4.09. The van der Waals surface area contributed by atoms with Crippen molar-refractivity contribution < 1.29 is 19.1 Å². The molecule has 26 heavy (non-hydrogen) atoms. The summed E-state index contributed by atoms with van der Waals surface area (Å²) in [5.74, 6) is 0.384. The molecular formula is C21H22O4S. The molecule has 0 saturated heterocycles. The van der Waals surface area contributed by atoms with E-state index in [0.29, 0.717) is 5.56 Å². The first-order valence-corrected chi connectivity index (χ1v) is 9.67. The van der Waals surface area contributed by atoms with Crippen LogP contribution in [0.3, 0.4) is 0 Å². The molecule has 0 amide bonds. The number of thioether (sulfide) groups is 1. The maximum absolute atomic E-state index is 12.5. The number of ether oxygens (including phenoxy) is 2. The Kier molecular flexibility index (Phi) is 5.99. The van der Waals surface area contributed by atoms with Gasteiger partial charge >= 0.3 is 5.97 Å². The van der Waals surface area contributed by atoms with Crippen LogP contribution in [-0.4, -0.2) is 30.7 Å². The van der Waals surface area contributed by atoms with Gasteiger partial charge in [0, 0.05) is 10.5 Å². The van der Waals surface area contributed by atoms with Gasteiger partial charge in [-0.25, -0.2) is 0 Å². The molecule has 0 radical (unpaired) electrons. The SMILES string of the molecule is COc1ccc(SCC(=O)O[C@H](C)C(=O)c2ccc3c(c2)CCC3)cc1. The summed E-state index contributed by atoms with van der Waals surface area (Å²) >= 11 is 1.37. The Bertz CT molecular complexity index is 798. The standard InChI is InChI=1S/C21H22O4S/c1-14(21(23)17-7-6-15-4-3-5-16(15)12-17)25-20(22)13-26-19-10-8-18(24-2)9-11-19/h6-12,14H,3-5,13H2,1-2H3/t14-/m1/s1. The molecule has 4 nitrogen and oxygen atoms in total. The zero-order valence-corrected chi connectivity index (χ0v) is 15.8. The Hall–Kier alpha value is -2.27. The second-order valence-corrected chi connectivity index (χ2v) is 7.35. The van der Waals surface area contributed by atoms with E-state index < -0.39 is 12.1 Å².